The lowest BCUT2D eigenvalue weighted by Crippen LogP contribution is -2.33. The first kappa shape index (κ1) is 13.7. The van der Waals surface area contributed by atoms with Gasteiger partial charge in [-0.25, -0.2) is 0 Å². The molecule has 1 rings (SSSR count). The van der Waals surface area contributed by atoms with Crippen LogP contribution >= 0.6 is 15.9 Å². The lowest BCUT2D eigenvalue weighted by atomic mass is 10.1. The van der Waals surface area contributed by atoms with Crippen LogP contribution in [0, 0.1) is 11.3 Å². The molecule has 0 fully saturated rings. The van der Waals surface area contributed by atoms with Crippen molar-refractivity contribution in [2.75, 3.05) is 0 Å². The van der Waals surface area contributed by atoms with Crippen molar-refractivity contribution in [3.8, 4) is 6.07 Å². The lowest BCUT2D eigenvalue weighted by molar-refractivity contribution is 0.0938. The van der Waals surface area contributed by atoms with Crippen LogP contribution in [-0.2, 0) is 0 Å². The number of nitrogens with zero attached hydrogens (tertiary/aromatic N) is 1. The second-order valence-corrected chi connectivity index (χ2v) is 5.64. The van der Waals surface area contributed by atoms with E-state index in [0.29, 0.717) is 16.0 Å². The van der Waals surface area contributed by atoms with Crippen LogP contribution in [0.2, 0.25) is 0 Å². The number of rotatable bonds is 4. The number of benzene rings is 1. The second-order valence-electron chi connectivity index (χ2n) is 4.08. The Hall–Kier alpha value is -1.34. The molecule has 0 saturated heterocycles. The average Bonchev–Trinajstić information content (AvgIpc) is 2.28. The molecule has 0 radical (unpaired) electrons. The number of carbonyl (C=O) groups excluding carboxylic acids is 1. The highest BCUT2D eigenvalue weighted by atomic mass is 79.9. The fourth-order valence-corrected chi connectivity index (χ4v) is 2.11. The number of amides is 1. The minimum absolute atomic E-state index is 0.102. The predicted molar refractivity (Wildman–Crippen MR) is 71.1 cm³/mol. The Morgan fingerprint density at radius 3 is 2.47 bits per heavy atom. The molecule has 0 bridgehead atoms. The number of hydrogen-bond donors (Lipinski definition) is 1. The Morgan fingerprint density at radius 2 is 2.00 bits per heavy atom. The van der Waals surface area contributed by atoms with Crippen molar-refractivity contribution in [1.29, 1.82) is 5.26 Å². The molecule has 2 unspecified atom stereocenters. The number of nitriles is 1. The van der Waals surface area contributed by atoms with Gasteiger partial charge in [0.25, 0.3) is 5.91 Å². The summed E-state index contributed by atoms with van der Waals surface area (Å²) >= 11 is 3.45. The van der Waals surface area contributed by atoms with Gasteiger partial charge in [-0.3, -0.25) is 4.79 Å². The first-order valence-electron chi connectivity index (χ1n) is 5.48. The standard InChI is InChI=1S/C13H15BrN2O/c1-9(14)7-10(2)16-13(17)12-5-3-11(8-15)4-6-12/h3-6,9-10H,7H2,1-2H3,(H,16,17). The van der Waals surface area contributed by atoms with Crippen LogP contribution in [-0.4, -0.2) is 16.8 Å². The van der Waals surface area contributed by atoms with Crippen molar-refractivity contribution < 1.29 is 4.79 Å². The van der Waals surface area contributed by atoms with Crippen LogP contribution in [0.15, 0.2) is 24.3 Å². The second kappa shape index (κ2) is 6.41. The van der Waals surface area contributed by atoms with E-state index in [2.05, 4.69) is 21.2 Å². The smallest absolute Gasteiger partial charge is 0.251 e. The maximum absolute atomic E-state index is 11.8. The number of hydrogen-bond acceptors (Lipinski definition) is 2. The highest BCUT2D eigenvalue weighted by Crippen LogP contribution is 2.08. The van der Waals surface area contributed by atoms with Crippen LogP contribution < -0.4 is 5.32 Å². The van der Waals surface area contributed by atoms with Crippen molar-refractivity contribution in [3.63, 3.8) is 0 Å². The molecule has 0 aliphatic carbocycles. The van der Waals surface area contributed by atoms with Gasteiger partial charge < -0.3 is 5.32 Å². The fourth-order valence-electron chi connectivity index (χ4n) is 1.55. The van der Waals surface area contributed by atoms with Gasteiger partial charge >= 0.3 is 0 Å². The molecule has 2 atom stereocenters. The third-order valence-electron chi connectivity index (χ3n) is 2.33. The molecule has 4 heteroatoms. The molecule has 0 spiro atoms. The van der Waals surface area contributed by atoms with E-state index in [1.165, 1.54) is 0 Å². The zero-order valence-electron chi connectivity index (χ0n) is 9.90. The number of carbonyl (C=O) groups is 1. The molecule has 0 heterocycles. The minimum atomic E-state index is -0.102. The van der Waals surface area contributed by atoms with E-state index in [4.69, 9.17) is 5.26 Å². The van der Waals surface area contributed by atoms with E-state index < -0.39 is 0 Å². The summed E-state index contributed by atoms with van der Waals surface area (Å²) in [5.41, 5.74) is 1.14. The molecular weight excluding hydrogens is 280 g/mol. The maximum atomic E-state index is 11.8. The first-order chi connectivity index (χ1) is 8.02. The van der Waals surface area contributed by atoms with Gasteiger partial charge in [-0.1, -0.05) is 22.9 Å². The quantitative estimate of drug-likeness (QED) is 0.868. The Balaban J connectivity index is 2.61. The topological polar surface area (TPSA) is 52.9 Å². The molecule has 1 N–H and O–H groups in total. The molecule has 90 valence electrons. The molecular formula is C13H15BrN2O. The maximum Gasteiger partial charge on any atom is 0.251 e. The van der Waals surface area contributed by atoms with Crippen LogP contribution in [0.5, 0.6) is 0 Å². The monoisotopic (exact) mass is 294 g/mol. The zero-order chi connectivity index (χ0) is 12.8. The summed E-state index contributed by atoms with van der Waals surface area (Å²) in [5.74, 6) is -0.102. The van der Waals surface area contributed by atoms with E-state index in [-0.39, 0.29) is 11.9 Å². The van der Waals surface area contributed by atoms with E-state index >= 15 is 0 Å². The molecule has 0 aliphatic rings. The van der Waals surface area contributed by atoms with Crippen molar-refractivity contribution in [3.05, 3.63) is 35.4 Å². The van der Waals surface area contributed by atoms with Crippen LogP contribution in [0.3, 0.4) is 0 Å². The van der Waals surface area contributed by atoms with Crippen LogP contribution in [0.1, 0.15) is 36.2 Å². The molecule has 1 amide bonds. The Kier molecular flexibility index (Phi) is 5.17. The zero-order valence-corrected chi connectivity index (χ0v) is 11.5. The van der Waals surface area contributed by atoms with Gasteiger partial charge in [-0.05, 0) is 37.6 Å². The minimum Gasteiger partial charge on any atom is -0.350 e. The van der Waals surface area contributed by atoms with Gasteiger partial charge in [-0.15, -0.1) is 0 Å². The summed E-state index contributed by atoms with van der Waals surface area (Å²) in [6.45, 7) is 4.02. The molecule has 17 heavy (non-hydrogen) atoms. The molecule has 3 nitrogen and oxygen atoms in total. The van der Waals surface area contributed by atoms with Crippen molar-refractivity contribution >= 4 is 21.8 Å². The highest BCUT2D eigenvalue weighted by molar-refractivity contribution is 9.09. The summed E-state index contributed by atoms with van der Waals surface area (Å²) in [5, 5.41) is 11.6. The highest BCUT2D eigenvalue weighted by Gasteiger charge is 2.11. The molecule has 1 aromatic carbocycles. The third kappa shape index (κ3) is 4.58. The Labute approximate surface area is 110 Å². The third-order valence-corrected chi connectivity index (χ3v) is 2.71. The Bertz CT molecular complexity index is 420. The van der Waals surface area contributed by atoms with E-state index in [1.807, 2.05) is 19.9 Å². The van der Waals surface area contributed by atoms with Gasteiger partial charge in [-0.2, -0.15) is 5.26 Å². The first-order valence-corrected chi connectivity index (χ1v) is 6.39. The lowest BCUT2D eigenvalue weighted by Gasteiger charge is -2.15. The van der Waals surface area contributed by atoms with Gasteiger partial charge in [0.15, 0.2) is 0 Å². The van der Waals surface area contributed by atoms with Gasteiger partial charge in [0.1, 0.15) is 0 Å². The van der Waals surface area contributed by atoms with E-state index in [9.17, 15) is 4.79 Å². The summed E-state index contributed by atoms with van der Waals surface area (Å²) in [6.07, 6.45) is 0.877. The largest absolute Gasteiger partial charge is 0.350 e. The molecule has 1 aromatic rings. The van der Waals surface area contributed by atoms with Gasteiger partial charge in [0.05, 0.1) is 11.6 Å². The summed E-state index contributed by atoms with van der Waals surface area (Å²) in [6, 6.07) is 8.76. The van der Waals surface area contributed by atoms with Crippen LogP contribution in [0.25, 0.3) is 0 Å². The van der Waals surface area contributed by atoms with Crippen LogP contribution in [0.4, 0.5) is 0 Å². The Morgan fingerprint density at radius 1 is 1.41 bits per heavy atom. The molecule has 0 aromatic heterocycles. The number of halogens is 1. The van der Waals surface area contributed by atoms with Crippen molar-refractivity contribution in [2.24, 2.45) is 0 Å². The SMILES string of the molecule is CC(Br)CC(C)NC(=O)c1ccc(C#N)cc1. The summed E-state index contributed by atoms with van der Waals surface area (Å²) in [7, 11) is 0. The predicted octanol–water partition coefficient (Wildman–Crippen LogP) is 2.85. The number of nitrogens with one attached hydrogen (secondary N) is 1. The average molecular weight is 295 g/mol. The van der Waals surface area contributed by atoms with Crippen molar-refractivity contribution in [2.45, 2.75) is 31.1 Å². The normalized spacial score (nSPS) is 13.5. The summed E-state index contributed by atoms with van der Waals surface area (Å²) < 4.78 is 0. The van der Waals surface area contributed by atoms with E-state index in [0.717, 1.165) is 6.42 Å². The molecule has 0 saturated carbocycles. The van der Waals surface area contributed by atoms with E-state index in [1.54, 1.807) is 24.3 Å². The number of alkyl halides is 1. The fraction of sp³-hybridized carbons (Fsp3) is 0.385. The molecule has 0 aliphatic heterocycles. The van der Waals surface area contributed by atoms with Gasteiger partial charge in [0, 0.05) is 16.4 Å². The van der Waals surface area contributed by atoms with Crippen molar-refractivity contribution in [1.82, 2.24) is 5.32 Å². The summed E-state index contributed by atoms with van der Waals surface area (Å²) in [4.78, 5) is 12.2. The van der Waals surface area contributed by atoms with Gasteiger partial charge in [0.2, 0.25) is 0 Å².